The third-order valence-corrected chi connectivity index (χ3v) is 7.18. The van der Waals surface area contributed by atoms with Gasteiger partial charge in [-0.1, -0.05) is 45.9 Å². The number of benzene rings is 1. The summed E-state index contributed by atoms with van der Waals surface area (Å²) in [5.74, 6) is -0.000189. The van der Waals surface area contributed by atoms with Crippen LogP contribution in [0.15, 0.2) is 24.3 Å². The van der Waals surface area contributed by atoms with Crippen molar-refractivity contribution in [1.82, 2.24) is 15.1 Å². The number of carbonyl (C=O) groups is 2. The lowest BCUT2D eigenvalue weighted by molar-refractivity contribution is -0.123. The minimum Gasteiger partial charge on any atom is -0.352 e. The molecule has 2 heterocycles. The Bertz CT molecular complexity index is 1070. The zero-order chi connectivity index (χ0) is 25.4. The van der Waals surface area contributed by atoms with E-state index in [1.165, 1.54) is 17.8 Å². The largest absolute Gasteiger partial charge is 0.352 e. The van der Waals surface area contributed by atoms with Crippen LogP contribution < -0.4 is 10.2 Å². The van der Waals surface area contributed by atoms with Gasteiger partial charge in [0.15, 0.2) is 0 Å². The lowest BCUT2D eigenvalue weighted by Crippen LogP contribution is -2.45. The zero-order valence-corrected chi connectivity index (χ0v) is 22.3. The van der Waals surface area contributed by atoms with E-state index in [0.717, 1.165) is 17.7 Å². The highest BCUT2D eigenvalue weighted by Crippen LogP contribution is 2.49. The van der Waals surface area contributed by atoms with Crippen LogP contribution >= 0.6 is 11.8 Å². The summed E-state index contributed by atoms with van der Waals surface area (Å²) in [5.41, 5.74) is 1.31. The third-order valence-electron chi connectivity index (χ3n) is 5.94. The second-order valence-electron chi connectivity index (χ2n) is 11.0. The molecule has 6 nitrogen and oxygen atoms in total. The van der Waals surface area contributed by atoms with Crippen molar-refractivity contribution in [3.8, 4) is 0 Å². The van der Waals surface area contributed by atoms with Crippen LogP contribution in [0.4, 0.5) is 10.2 Å². The van der Waals surface area contributed by atoms with Crippen LogP contribution in [0.3, 0.4) is 0 Å². The summed E-state index contributed by atoms with van der Waals surface area (Å²) in [5, 5.41) is 7.55. The van der Waals surface area contributed by atoms with Gasteiger partial charge in [-0.15, -0.1) is 11.8 Å². The fourth-order valence-electron chi connectivity index (χ4n) is 4.04. The lowest BCUT2D eigenvalue weighted by atomic mass is 9.87. The predicted molar refractivity (Wildman–Crippen MR) is 137 cm³/mol. The minimum absolute atomic E-state index is 0.00671. The number of amides is 2. The van der Waals surface area contributed by atoms with Gasteiger partial charge in [0.1, 0.15) is 18.2 Å². The van der Waals surface area contributed by atoms with Crippen molar-refractivity contribution in [2.75, 3.05) is 17.2 Å². The van der Waals surface area contributed by atoms with E-state index < -0.39 is 10.8 Å². The van der Waals surface area contributed by atoms with E-state index in [1.54, 1.807) is 17.0 Å². The van der Waals surface area contributed by atoms with Crippen LogP contribution in [0.5, 0.6) is 0 Å². The van der Waals surface area contributed by atoms with Crippen LogP contribution in [0.2, 0.25) is 0 Å². The van der Waals surface area contributed by atoms with Crippen molar-refractivity contribution < 1.29 is 14.0 Å². The summed E-state index contributed by atoms with van der Waals surface area (Å²) in [7, 11) is 0. The summed E-state index contributed by atoms with van der Waals surface area (Å²) in [6.07, 6.45) is 0.796. The molecule has 0 bridgehead atoms. The fourth-order valence-corrected chi connectivity index (χ4v) is 5.26. The van der Waals surface area contributed by atoms with Crippen molar-refractivity contribution in [3.63, 3.8) is 0 Å². The summed E-state index contributed by atoms with van der Waals surface area (Å²) in [6, 6.07) is 6.71. The number of nitrogens with one attached hydrogen (secondary N) is 1. The number of nitrogens with zero attached hydrogens (tertiary/aromatic N) is 3. The van der Waals surface area contributed by atoms with Crippen molar-refractivity contribution in [3.05, 3.63) is 46.9 Å². The maximum Gasteiger partial charge on any atom is 0.240 e. The maximum atomic E-state index is 15.1. The number of anilines is 1. The Morgan fingerprint density at radius 2 is 1.88 bits per heavy atom. The number of fused-ring (bicyclic) bond motifs is 1. The number of aromatic nitrogens is 2. The molecule has 1 N–H and O–H groups in total. The first-order valence-electron chi connectivity index (χ1n) is 11.8. The van der Waals surface area contributed by atoms with Gasteiger partial charge in [0.05, 0.1) is 22.2 Å². The van der Waals surface area contributed by atoms with Crippen molar-refractivity contribution in [2.45, 2.75) is 84.1 Å². The SMILES string of the molecule is CCC(C)NC(=O)CN1C(=O)CSC(c2ccccc2F)c2c(C(C)(C)C)nn(C(C)(C)C)c21. The number of thioether (sulfide) groups is 1. The van der Waals surface area contributed by atoms with E-state index in [0.29, 0.717) is 11.4 Å². The first-order chi connectivity index (χ1) is 15.8. The first-order valence-corrected chi connectivity index (χ1v) is 12.9. The molecule has 2 amide bonds. The first kappa shape index (κ1) is 26.3. The molecule has 8 heteroatoms. The number of carbonyl (C=O) groups excluding carboxylic acids is 2. The van der Waals surface area contributed by atoms with Gasteiger partial charge in [-0.2, -0.15) is 5.10 Å². The van der Waals surface area contributed by atoms with Crippen LogP contribution in [-0.2, 0) is 20.5 Å². The molecule has 1 aliphatic rings. The molecule has 186 valence electrons. The summed E-state index contributed by atoms with van der Waals surface area (Å²) < 4.78 is 16.9. The average Bonchev–Trinajstić information content (AvgIpc) is 3.08. The monoisotopic (exact) mass is 488 g/mol. The Balaban J connectivity index is 2.29. The minimum atomic E-state index is -0.464. The highest BCUT2D eigenvalue weighted by molar-refractivity contribution is 8.00. The molecule has 2 atom stereocenters. The molecule has 0 radical (unpaired) electrons. The second kappa shape index (κ2) is 9.72. The van der Waals surface area contributed by atoms with Gasteiger partial charge >= 0.3 is 0 Å². The van der Waals surface area contributed by atoms with E-state index in [2.05, 4.69) is 26.1 Å². The number of rotatable bonds is 5. The van der Waals surface area contributed by atoms with Gasteiger partial charge in [-0.05, 0) is 40.2 Å². The zero-order valence-electron chi connectivity index (χ0n) is 21.5. The predicted octanol–water partition coefficient (Wildman–Crippen LogP) is 5.16. The maximum absolute atomic E-state index is 15.1. The summed E-state index contributed by atoms with van der Waals surface area (Å²) in [4.78, 5) is 27.9. The van der Waals surface area contributed by atoms with Gasteiger partial charge in [0, 0.05) is 22.6 Å². The van der Waals surface area contributed by atoms with Crippen LogP contribution in [0.1, 0.15) is 83.9 Å². The molecule has 2 unspecified atom stereocenters. The topological polar surface area (TPSA) is 67.2 Å². The van der Waals surface area contributed by atoms with E-state index in [9.17, 15) is 9.59 Å². The van der Waals surface area contributed by atoms with E-state index in [-0.39, 0.29) is 41.4 Å². The molecule has 0 fully saturated rings. The summed E-state index contributed by atoms with van der Waals surface area (Å²) >= 11 is 1.39. The van der Waals surface area contributed by atoms with Gasteiger partial charge in [0.2, 0.25) is 11.8 Å². The van der Waals surface area contributed by atoms with Crippen molar-refractivity contribution >= 4 is 29.4 Å². The molecule has 1 aromatic heterocycles. The van der Waals surface area contributed by atoms with Crippen LogP contribution in [0.25, 0.3) is 0 Å². The fraction of sp³-hybridized carbons (Fsp3) is 0.577. The van der Waals surface area contributed by atoms with Crippen molar-refractivity contribution in [1.29, 1.82) is 0 Å². The van der Waals surface area contributed by atoms with E-state index in [1.807, 2.05) is 45.4 Å². The van der Waals surface area contributed by atoms with Gasteiger partial charge < -0.3 is 5.32 Å². The summed E-state index contributed by atoms with van der Waals surface area (Å²) in [6.45, 7) is 16.1. The highest BCUT2D eigenvalue weighted by atomic mass is 32.2. The highest BCUT2D eigenvalue weighted by Gasteiger charge is 2.42. The van der Waals surface area contributed by atoms with Gasteiger partial charge in [-0.3, -0.25) is 14.5 Å². The second-order valence-corrected chi connectivity index (χ2v) is 12.1. The number of hydrogen-bond donors (Lipinski definition) is 1. The van der Waals surface area contributed by atoms with E-state index in [4.69, 9.17) is 5.10 Å². The molecule has 1 aromatic carbocycles. The standard InChI is InChI=1S/C26H37FN4O2S/c1-9-16(2)28-19(32)14-30-20(33)15-34-22(17-12-10-11-13-18(17)27)21-23(25(3,4)5)29-31(24(21)30)26(6,7)8/h10-13,16,22H,9,14-15H2,1-8H3,(H,28,32). The molecule has 3 rings (SSSR count). The molecule has 0 aliphatic carbocycles. The molecule has 0 saturated carbocycles. The van der Waals surface area contributed by atoms with E-state index >= 15 is 4.39 Å². The number of halogens is 1. The van der Waals surface area contributed by atoms with Gasteiger partial charge in [-0.25, -0.2) is 9.07 Å². The molecule has 34 heavy (non-hydrogen) atoms. The molecule has 0 spiro atoms. The Kier molecular flexibility index (Phi) is 7.51. The molecular weight excluding hydrogens is 451 g/mol. The third kappa shape index (κ3) is 5.32. The van der Waals surface area contributed by atoms with Crippen LogP contribution in [0, 0.1) is 5.82 Å². The Morgan fingerprint density at radius 3 is 2.44 bits per heavy atom. The van der Waals surface area contributed by atoms with Crippen LogP contribution in [-0.4, -0.2) is 39.9 Å². The quantitative estimate of drug-likeness (QED) is 0.631. The Hall–Kier alpha value is -2.35. The molecule has 0 saturated heterocycles. The molecular formula is C26H37FN4O2S. The molecule has 1 aliphatic heterocycles. The average molecular weight is 489 g/mol. The molecule has 2 aromatic rings. The Morgan fingerprint density at radius 1 is 1.24 bits per heavy atom. The van der Waals surface area contributed by atoms with Gasteiger partial charge in [0.25, 0.3) is 0 Å². The normalized spacial score (nSPS) is 17.9. The smallest absolute Gasteiger partial charge is 0.240 e. The lowest BCUT2D eigenvalue weighted by Gasteiger charge is -2.29. The number of hydrogen-bond acceptors (Lipinski definition) is 4. The van der Waals surface area contributed by atoms with Crippen molar-refractivity contribution in [2.24, 2.45) is 0 Å². The Labute approximate surface area is 206 Å².